The average Bonchev–Trinajstić information content (AvgIpc) is 2.55. The topological polar surface area (TPSA) is 30.5 Å². The van der Waals surface area contributed by atoms with Crippen LogP contribution in [0.3, 0.4) is 0 Å². The van der Waals surface area contributed by atoms with Gasteiger partial charge in [0, 0.05) is 19.6 Å². The van der Waals surface area contributed by atoms with Gasteiger partial charge in [-0.05, 0) is 72.6 Å². The Kier molecular flexibility index (Phi) is 11.8. The Hall–Kier alpha value is -0.900. The van der Waals surface area contributed by atoms with Crippen LogP contribution in [-0.4, -0.2) is 19.4 Å². The number of hydrogen-bond donors (Lipinski definition) is 1. The van der Waals surface area contributed by atoms with E-state index in [2.05, 4.69) is 51.4 Å². The number of ether oxygens (including phenoxy) is 1. The Labute approximate surface area is 149 Å². The summed E-state index contributed by atoms with van der Waals surface area (Å²) in [7, 11) is 0. The Morgan fingerprint density at radius 2 is 1.62 bits per heavy atom. The van der Waals surface area contributed by atoms with Crippen LogP contribution in [-0.2, 0) is 9.57 Å². The number of allylic oxidation sites excluding steroid dienone is 5. The van der Waals surface area contributed by atoms with Crippen LogP contribution in [0.4, 0.5) is 0 Å². The van der Waals surface area contributed by atoms with E-state index in [9.17, 15) is 0 Å². The molecule has 0 aromatic heterocycles. The highest BCUT2D eigenvalue weighted by atomic mass is 16.8. The van der Waals surface area contributed by atoms with Gasteiger partial charge in [0.15, 0.2) is 6.29 Å². The summed E-state index contributed by atoms with van der Waals surface area (Å²) < 4.78 is 5.51. The number of hydrogen-bond acceptors (Lipinski definition) is 3. The maximum absolute atomic E-state index is 5.52. The van der Waals surface area contributed by atoms with Gasteiger partial charge in [-0.15, -0.1) is 0 Å². The van der Waals surface area contributed by atoms with Gasteiger partial charge in [0.05, 0.1) is 0 Å². The third-order valence-corrected chi connectivity index (χ3v) is 4.21. The zero-order valence-corrected chi connectivity index (χ0v) is 16.2. The Morgan fingerprint density at radius 3 is 2.25 bits per heavy atom. The quantitative estimate of drug-likeness (QED) is 0.292. The van der Waals surface area contributed by atoms with Gasteiger partial charge in [-0.3, -0.25) is 4.84 Å². The second-order valence-electron chi connectivity index (χ2n) is 7.06. The van der Waals surface area contributed by atoms with E-state index in [0.717, 1.165) is 51.7 Å². The van der Waals surface area contributed by atoms with Crippen molar-refractivity contribution in [3.63, 3.8) is 0 Å². The van der Waals surface area contributed by atoms with Gasteiger partial charge in [-0.2, -0.15) is 5.48 Å². The molecule has 1 heterocycles. The zero-order valence-electron chi connectivity index (χ0n) is 16.2. The van der Waals surface area contributed by atoms with Gasteiger partial charge in [-0.1, -0.05) is 34.9 Å². The van der Waals surface area contributed by atoms with Crippen molar-refractivity contribution in [3.05, 3.63) is 34.9 Å². The second-order valence-corrected chi connectivity index (χ2v) is 7.06. The Bertz CT molecular complexity index is 414. The molecule has 1 aliphatic rings. The Morgan fingerprint density at radius 1 is 0.958 bits per heavy atom. The van der Waals surface area contributed by atoms with Crippen molar-refractivity contribution in [2.45, 2.75) is 85.4 Å². The minimum absolute atomic E-state index is 0.0525. The van der Waals surface area contributed by atoms with Crippen LogP contribution >= 0.6 is 0 Å². The van der Waals surface area contributed by atoms with Crippen LogP contribution in [0.1, 0.15) is 79.1 Å². The first-order valence-corrected chi connectivity index (χ1v) is 9.52. The molecular weight excluding hydrogens is 298 g/mol. The molecule has 1 atom stereocenters. The van der Waals surface area contributed by atoms with Crippen LogP contribution in [0.2, 0.25) is 0 Å². The molecular formula is C21H37NO2. The van der Waals surface area contributed by atoms with Crippen LogP contribution in [0, 0.1) is 0 Å². The van der Waals surface area contributed by atoms with Crippen molar-refractivity contribution in [1.29, 1.82) is 0 Å². The van der Waals surface area contributed by atoms with Crippen molar-refractivity contribution in [3.8, 4) is 0 Å². The number of rotatable bonds is 11. The second kappa shape index (κ2) is 13.4. The van der Waals surface area contributed by atoms with Crippen molar-refractivity contribution in [1.82, 2.24) is 5.48 Å². The first kappa shape index (κ1) is 21.1. The lowest BCUT2D eigenvalue weighted by Crippen LogP contribution is -2.29. The van der Waals surface area contributed by atoms with E-state index >= 15 is 0 Å². The fourth-order valence-corrected chi connectivity index (χ4v) is 2.67. The predicted octanol–water partition coefficient (Wildman–Crippen LogP) is 5.84. The van der Waals surface area contributed by atoms with Gasteiger partial charge in [0.1, 0.15) is 0 Å². The molecule has 138 valence electrons. The molecule has 1 aliphatic heterocycles. The maximum atomic E-state index is 5.52. The van der Waals surface area contributed by atoms with Crippen LogP contribution < -0.4 is 5.48 Å². The standard InChI is InChI=1S/C21H37NO2/c1-18(2)10-7-11-19(3)12-8-13-20(4)14-9-16-22-24-21-15-5-6-17-23-21/h10,12,14,21-22H,5-9,11,13,15-17H2,1-4H3/b19-12+,20-14+. The van der Waals surface area contributed by atoms with E-state index in [-0.39, 0.29) is 6.29 Å². The van der Waals surface area contributed by atoms with Crippen LogP contribution in [0.5, 0.6) is 0 Å². The van der Waals surface area contributed by atoms with E-state index in [1.807, 2.05) is 0 Å². The molecule has 0 spiro atoms. The van der Waals surface area contributed by atoms with E-state index in [0.29, 0.717) is 0 Å². The summed E-state index contributed by atoms with van der Waals surface area (Å²) in [6, 6.07) is 0. The smallest absolute Gasteiger partial charge is 0.177 e. The van der Waals surface area contributed by atoms with Gasteiger partial charge < -0.3 is 4.74 Å². The molecule has 0 aliphatic carbocycles. The first-order chi connectivity index (χ1) is 11.6. The third kappa shape index (κ3) is 11.6. The molecule has 3 nitrogen and oxygen atoms in total. The summed E-state index contributed by atoms with van der Waals surface area (Å²) in [5.74, 6) is 0. The van der Waals surface area contributed by atoms with E-state index in [1.165, 1.54) is 29.6 Å². The molecule has 0 saturated carbocycles. The van der Waals surface area contributed by atoms with Gasteiger partial charge >= 0.3 is 0 Å². The van der Waals surface area contributed by atoms with Gasteiger partial charge in [0.25, 0.3) is 0 Å². The van der Waals surface area contributed by atoms with Crippen LogP contribution in [0.25, 0.3) is 0 Å². The highest BCUT2D eigenvalue weighted by molar-refractivity contribution is 5.05. The fraction of sp³-hybridized carbons (Fsp3) is 0.714. The lowest BCUT2D eigenvalue weighted by molar-refractivity contribution is -0.196. The summed E-state index contributed by atoms with van der Waals surface area (Å²) in [5, 5.41) is 0. The largest absolute Gasteiger partial charge is 0.351 e. The predicted molar refractivity (Wildman–Crippen MR) is 103 cm³/mol. The summed E-state index contributed by atoms with van der Waals surface area (Å²) in [6.45, 7) is 10.5. The average molecular weight is 336 g/mol. The summed E-state index contributed by atoms with van der Waals surface area (Å²) in [4.78, 5) is 5.52. The van der Waals surface area contributed by atoms with E-state index < -0.39 is 0 Å². The SMILES string of the molecule is CC(C)=CCC/C(C)=C/CC/C(C)=C/CCNOC1CCCCO1. The molecule has 1 saturated heterocycles. The molecule has 24 heavy (non-hydrogen) atoms. The molecule has 0 radical (unpaired) electrons. The highest BCUT2D eigenvalue weighted by Gasteiger charge is 2.13. The van der Waals surface area contributed by atoms with Crippen LogP contribution in [0.15, 0.2) is 34.9 Å². The molecule has 0 bridgehead atoms. The molecule has 0 aromatic rings. The molecule has 0 aromatic carbocycles. The summed E-state index contributed by atoms with van der Waals surface area (Å²) in [5.41, 5.74) is 7.40. The number of nitrogens with one attached hydrogen (secondary N) is 1. The van der Waals surface area contributed by atoms with Gasteiger partial charge in [-0.25, -0.2) is 0 Å². The molecule has 1 rings (SSSR count). The van der Waals surface area contributed by atoms with E-state index in [4.69, 9.17) is 9.57 Å². The van der Waals surface area contributed by atoms with Crippen molar-refractivity contribution < 1.29 is 9.57 Å². The molecule has 1 fully saturated rings. The zero-order chi connectivity index (χ0) is 17.6. The highest BCUT2D eigenvalue weighted by Crippen LogP contribution is 2.13. The van der Waals surface area contributed by atoms with Crippen molar-refractivity contribution in [2.75, 3.05) is 13.2 Å². The van der Waals surface area contributed by atoms with Gasteiger partial charge in [0.2, 0.25) is 0 Å². The minimum atomic E-state index is -0.0525. The van der Waals surface area contributed by atoms with E-state index in [1.54, 1.807) is 0 Å². The van der Waals surface area contributed by atoms with Crippen molar-refractivity contribution >= 4 is 0 Å². The lowest BCUT2D eigenvalue weighted by atomic mass is 10.1. The first-order valence-electron chi connectivity index (χ1n) is 9.52. The van der Waals surface area contributed by atoms with Crippen molar-refractivity contribution in [2.24, 2.45) is 0 Å². The monoisotopic (exact) mass is 335 g/mol. The number of hydroxylamine groups is 1. The molecule has 1 N–H and O–H groups in total. The Balaban J connectivity index is 2.05. The summed E-state index contributed by atoms with van der Waals surface area (Å²) >= 11 is 0. The normalized spacial score (nSPS) is 19.4. The molecule has 0 amide bonds. The minimum Gasteiger partial charge on any atom is -0.351 e. The fourth-order valence-electron chi connectivity index (χ4n) is 2.67. The molecule has 3 heteroatoms. The summed E-state index contributed by atoms with van der Waals surface area (Å²) in [6.07, 6.45) is 15.9. The third-order valence-electron chi connectivity index (χ3n) is 4.21. The maximum Gasteiger partial charge on any atom is 0.177 e. The molecule has 1 unspecified atom stereocenters. The lowest BCUT2D eigenvalue weighted by Gasteiger charge is -2.22.